The number of imidazole rings is 2. The van der Waals surface area contributed by atoms with E-state index in [9.17, 15) is 18.8 Å². The van der Waals surface area contributed by atoms with Crippen LogP contribution in [0.1, 0.15) is 81.8 Å². The molecule has 2 aliphatic heterocycles. The number of carbonyl (C=O) groups excluding carboxylic acids is 3. The van der Waals surface area contributed by atoms with Crippen LogP contribution < -0.4 is 5.32 Å². The molecule has 2 saturated heterocycles. The van der Waals surface area contributed by atoms with E-state index in [0.29, 0.717) is 23.4 Å². The highest BCUT2D eigenvalue weighted by Crippen LogP contribution is 2.35. The number of nitrogens with one attached hydrogen (secondary N) is 3. The van der Waals surface area contributed by atoms with Crippen molar-refractivity contribution in [3.05, 3.63) is 71.4 Å². The Morgan fingerprint density at radius 3 is 2.42 bits per heavy atom. The number of halogens is 1. The Morgan fingerprint density at radius 1 is 0.964 bits per heavy atom. The number of hydrogen-bond acceptors (Lipinski definition) is 9. The van der Waals surface area contributed by atoms with Crippen LogP contribution in [0.25, 0.3) is 22.3 Å². The number of alkyl halides is 1. The Kier molecular flexibility index (Phi) is 12.1. The quantitative estimate of drug-likeness (QED) is 0.0582. The summed E-state index contributed by atoms with van der Waals surface area (Å²) >= 11 is 0. The van der Waals surface area contributed by atoms with Crippen molar-refractivity contribution in [1.82, 2.24) is 35.1 Å². The molecule has 3 amide bonds. The number of amides is 3. The minimum absolute atomic E-state index is 0.0262. The lowest BCUT2D eigenvalue weighted by Crippen LogP contribution is -2.51. The predicted octanol–water partition coefficient (Wildman–Crippen LogP) is 5.64. The fourth-order valence-electron chi connectivity index (χ4n) is 7.10. The summed E-state index contributed by atoms with van der Waals surface area (Å²) in [4.78, 5) is 71.9. The maximum Gasteiger partial charge on any atom is 0.407 e. The Bertz CT molecular complexity index is 2080. The number of H-pyrrole nitrogens is 2. The predicted molar refractivity (Wildman–Crippen MR) is 203 cm³/mol. The number of aromatic amines is 2. The Labute approximate surface area is 319 Å². The maximum absolute atomic E-state index is 14.8. The number of aliphatic imine (C=N–C) groups is 1. The fraction of sp³-hybridized carbons (Fsp3) is 0.450. The molecule has 2 aromatic heterocycles. The third-order valence-electron chi connectivity index (χ3n) is 9.98. The largest absolute Gasteiger partial charge is 0.453 e. The van der Waals surface area contributed by atoms with Crippen LogP contribution in [0.5, 0.6) is 0 Å². The molecular weight excluding hydrogens is 707 g/mol. The number of ether oxygens (including phenoxy) is 1. The molecule has 0 radical (unpaired) electrons. The van der Waals surface area contributed by atoms with E-state index in [1.54, 1.807) is 6.20 Å². The second kappa shape index (κ2) is 17.2. The van der Waals surface area contributed by atoms with Crippen LogP contribution in [0.15, 0.2) is 53.7 Å². The minimum Gasteiger partial charge on any atom is -0.453 e. The average Bonchev–Trinajstić information content (AvgIpc) is 4.00. The maximum atomic E-state index is 14.8. The number of nitrogens with zero attached hydrogens (tertiary/aromatic N) is 5. The zero-order chi connectivity index (χ0) is 39.2. The van der Waals surface area contributed by atoms with Crippen LogP contribution >= 0.6 is 0 Å². The summed E-state index contributed by atoms with van der Waals surface area (Å²) in [5.41, 5.74) is 4.72. The van der Waals surface area contributed by atoms with Gasteiger partial charge in [-0.1, -0.05) is 51.7 Å². The van der Waals surface area contributed by atoms with Gasteiger partial charge in [0, 0.05) is 24.1 Å². The topological polar surface area (TPSA) is 167 Å². The molecule has 15 heteroatoms. The monoisotopic (exact) mass is 754 g/mol. The van der Waals surface area contributed by atoms with Gasteiger partial charge in [-0.05, 0) is 60.6 Å². The first-order valence-electron chi connectivity index (χ1n) is 18.4. The van der Waals surface area contributed by atoms with E-state index in [1.165, 1.54) is 25.5 Å². The first-order valence-corrected chi connectivity index (χ1v) is 18.4. The molecule has 0 spiro atoms. The molecule has 0 aliphatic carbocycles. The van der Waals surface area contributed by atoms with Gasteiger partial charge in [-0.3, -0.25) is 9.59 Å². The molecule has 2 aliphatic rings. The van der Waals surface area contributed by atoms with Gasteiger partial charge < -0.3 is 34.7 Å². The number of alkyl carbamates (subject to hydrolysis) is 1. The van der Waals surface area contributed by atoms with Gasteiger partial charge >= 0.3 is 6.09 Å². The first-order chi connectivity index (χ1) is 26.5. The number of hydrogen-bond donors (Lipinski definition) is 3. The molecule has 2 aromatic carbocycles. The lowest BCUT2D eigenvalue weighted by Gasteiger charge is -2.29. The van der Waals surface area contributed by atoms with Crippen molar-refractivity contribution in [3.8, 4) is 23.1 Å². The van der Waals surface area contributed by atoms with E-state index in [0.717, 1.165) is 41.1 Å². The zero-order valence-corrected chi connectivity index (χ0v) is 31.8. The number of fused-ring (bicyclic) bond motifs is 1. The summed E-state index contributed by atoms with van der Waals surface area (Å²) in [6.07, 6.45) is 2.76. The molecule has 0 saturated carbocycles. The van der Waals surface area contributed by atoms with Gasteiger partial charge in [-0.15, -0.1) is 0 Å². The van der Waals surface area contributed by atoms with Crippen molar-refractivity contribution in [2.45, 2.75) is 77.3 Å². The Balaban J connectivity index is 1.13. The average molecular weight is 755 g/mol. The summed E-state index contributed by atoms with van der Waals surface area (Å²) in [7, 11) is 2.61. The highest BCUT2D eigenvalue weighted by atomic mass is 19.1. The van der Waals surface area contributed by atoms with Gasteiger partial charge in [0.15, 0.2) is 0 Å². The molecule has 0 unspecified atom stereocenters. The van der Waals surface area contributed by atoms with Crippen LogP contribution in [-0.2, 0) is 24.1 Å². The molecule has 2 fully saturated rings. The van der Waals surface area contributed by atoms with E-state index in [4.69, 9.17) is 14.6 Å². The van der Waals surface area contributed by atoms with Gasteiger partial charge in [0.05, 0.1) is 55.8 Å². The van der Waals surface area contributed by atoms with Gasteiger partial charge in [0.25, 0.3) is 0 Å². The van der Waals surface area contributed by atoms with Crippen molar-refractivity contribution < 1.29 is 33.3 Å². The molecule has 5 atom stereocenters. The van der Waals surface area contributed by atoms with Crippen LogP contribution in [0.4, 0.5) is 9.18 Å². The molecular formula is C40H47FN8O6. The number of likely N-dealkylation sites (tertiary alicyclic amines) is 2. The van der Waals surface area contributed by atoms with Gasteiger partial charge in [0.1, 0.15) is 29.9 Å². The SMILES string of the molecule is COO/C=N\[C@H](C(=O)N1CCC[C@H]1c1ncc(-c2ccc(C#Cc3ccc4nc([C@@H]5C[C@H](F)CN5C(=O)[C@@H](NC(=O)OC)C(C)C)[nH]c4c3)cc2)[nH]1)C(C)C. The summed E-state index contributed by atoms with van der Waals surface area (Å²) in [5, 5.41) is 2.58. The number of methoxy groups -OCH3 is 1. The standard InChI is InChI=1S/C40H47FN8O6/c1-23(2)34(43-22-55-54-6)38(50)48-17-7-8-32(48)36-42-20-31(46-36)27-14-11-25(12-15-27)9-10-26-13-16-29-30(18-26)45-37(44-29)33-19-28(41)21-49(33)39(51)35(24(3)4)47-40(52)53-5/h11-16,18,20,22-24,28,32-35H,7-8,17,19,21H2,1-6H3,(H,42,46)(H,44,45)(H,47,52)/b43-22-/t28-,32-,33-,34-,35-/m0/s1. The molecule has 0 bridgehead atoms. The lowest BCUT2D eigenvalue weighted by molar-refractivity contribution is -0.188. The van der Waals surface area contributed by atoms with Crippen LogP contribution in [0, 0.1) is 23.7 Å². The number of carbonyl (C=O) groups is 3. The van der Waals surface area contributed by atoms with E-state index < -0.39 is 30.4 Å². The lowest BCUT2D eigenvalue weighted by atomic mass is 10.0. The number of rotatable bonds is 11. The van der Waals surface area contributed by atoms with Crippen LogP contribution in [0.3, 0.4) is 0 Å². The third kappa shape index (κ3) is 8.81. The van der Waals surface area contributed by atoms with Crippen molar-refractivity contribution in [1.29, 1.82) is 0 Å². The highest BCUT2D eigenvalue weighted by Gasteiger charge is 2.42. The smallest absolute Gasteiger partial charge is 0.407 e. The first kappa shape index (κ1) is 39.0. The second-order valence-corrected chi connectivity index (χ2v) is 14.5. The van der Waals surface area contributed by atoms with E-state index >= 15 is 0 Å². The molecule has 3 N–H and O–H groups in total. The van der Waals surface area contributed by atoms with Crippen molar-refractivity contribution in [2.24, 2.45) is 16.8 Å². The summed E-state index contributed by atoms with van der Waals surface area (Å²) < 4.78 is 19.5. The molecule has 290 valence electrons. The second-order valence-electron chi connectivity index (χ2n) is 14.5. The van der Waals surface area contributed by atoms with E-state index in [-0.39, 0.29) is 42.7 Å². The van der Waals surface area contributed by atoms with Crippen molar-refractivity contribution in [3.63, 3.8) is 0 Å². The molecule has 6 rings (SSSR count). The Hall–Kier alpha value is -5.75. The summed E-state index contributed by atoms with van der Waals surface area (Å²) in [6.45, 7) is 8.04. The van der Waals surface area contributed by atoms with Gasteiger partial charge in [0.2, 0.25) is 18.2 Å². The molecule has 4 aromatic rings. The fourth-order valence-corrected chi connectivity index (χ4v) is 7.10. The third-order valence-corrected chi connectivity index (χ3v) is 9.98. The zero-order valence-electron chi connectivity index (χ0n) is 31.8. The van der Waals surface area contributed by atoms with Gasteiger partial charge in [-0.25, -0.2) is 24.1 Å². The normalized spacial score (nSPS) is 19.5. The number of benzene rings is 2. The van der Waals surface area contributed by atoms with Crippen molar-refractivity contribution in [2.75, 3.05) is 27.3 Å². The summed E-state index contributed by atoms with van der Waals surface area (Å²) in [6, 6.07) is 11.1. The van der Waals surface area contributed by atoms with Crippen LogP contribution in [0.2, 0.25) is 0 Å². The molecule has 55 heavy (non-hydrogen) atoms. The van der Waals surface area contributed by atoms with Gasteiger partial charge in [-0.2, -0.15) is 4.89 Å². The molecule has 14 nitrogen and oxygen atoms in total. The van der Waals surface area contributed by atoms with E-state index in [1.807, 2.05) is 75.1 Å². The van der Waals surface area contributed by atoms with Crippen molar-refractivity contribution >= 4 is 35.3 Å². The Morgan fingerprint density at radius 2 is 1.71 bits per heavy atom. The van der Waals surface area contributed by atoms with Crippen LogP contribution in [-0.4, -0.2) is 99.6 Å². The summed E-state index contributed by atoms with van der Waals surface area (Å²) in [5.74, 6) is 6.90. The number of aromatic nitrogens is 4. The highest BCUT2D eigenvalue weighted by molar-refractivity contribution is 5.87. The molecule has 4 heterocycles. The minimum atomic E-state index is -1.23. The van der Waals surface area contributed by atoms with E-state index in [2.05, 4.69) is 42.0 Å².